The number of hydrogen-bond acceptors (Lipinski definition) is 4. The summed E-state index contributed by atoms with van der Waals surface area (Å²) in [6.07, 6.45) is 3.07. The van der Waals surface area contributed by atoms with Gasteiger partial charge in [-0.2, -0.15) is 0 Å². The predicted molar refractivity (Wildman–Crippen MR) is 57.1 cm³/mol. The average Bonchev–Trinajstić information content (AvgIpc) is 2.33. The Morgan fingerprint density at radius 3 is 2.53 bits per heavy atom. The van der Waals surface area contributed by atoms with Gasteiger partial charge in [0.1, 0.15) is 12.4 Å². The highest BCUT2D eigenvalue weighted by Gasteiger charge is 2.09. The monoisotopic (exact) mass is 237 g/mol. The van der Waals surface area contributed by atoms with E-state index in [1.807, 2.05) is 0 Å². The summed E-state index contributed by atoms with van der Waals surface area (Å²) < 4.78 is 31.5. The van der Waals surface area contributed by atoms with Crippen molar-refractivity contribution in [2.24, 2.45) is 0 Å². The Kier molecular flexibility index (Phi) is 3.13. The Balaban J connectivity index is 2.12. The molecule has 0 radical (unpaired) electrons. The first-order valence-electron chi connectivity index (χ1n) is 4.80. The fourth-order valence-corrected chi connectivity index (χ4v) is 1.20. The molecular weight excluding hydrogens is 228 g/mol. The summed E-state index contributed by atoms with van der Waals surface area (Å²) in [4.78, 5) is 7.77. The van der Waals surface area contributed by atoms with E-state index in [1.165, 1.54) is 12.4 Å². The summed E-state index contributed by atoms with van der Waals surface area (Å²) in [5.74, 6) is -1.29. The third kappa shape index (κ3) is 2.66. The first-order valence-corrected chi connectivity index (χ1v) is 4.80. The summed E-state index contributed by atoms with van der Waals surface area (Å²) >= 11 is 0. The molecule has 0 saturated carbocycles. The minimum atomic E-state index is -0.726. The summed E-state index contributed by atoms with van der Waals surface area (Å²) in [6.45, 7) is -0.0406. The topological polar surface area (TPSA) is 61.0 Å². The van der Waals surface area contributed by atoms with Gasteiger partial charge < -0.3 is 10.5 Å². The molecule has 0 fully saturated rings. The maximum atomic E-state index is 13.3. The van der Waals surface area contributed by atoms with Gasteiger partial charge in [-0.05, 0) is 6.07 Å². The molecule has 0 atom stereocenters. The van der Waals surface area contributed by atoms with E-state index in [4.69, 9.17) is 10.5 Å². The Morgan fingerprint density at radius 1 is 1.12 bits per heavy atom. The number of hydrogen-bond donors (Lipinski definition) is 1. The Morgan fingerprint density at radius 2 is 1.82 bits per heavy atom. The van der Waals surface area contributed by atoms with Crippen LogP contribution in [0, 0.1) is 11.6 Å². The van der Waals surface area contributed by atoms with Gasteiger partial charge in [0, 0.05) is 24.5 Å². The van der Waals surface area contributed by atoms with E-state index in [1.54, 1.807) is 6.07 Å². The van der Waals surface area contributed by atoms with Crippen LogP contribution in [0.2, 0.25) is 0 Å². The molecule has 2 N–H and O–H groups in total. The third-order valence-corrected chi connectivity index (χ3v) is 2.03. The second-order valence-corrected chi connectivity index (χ2v) is 3.26. The number of nitrogens with two attached hydrogens (primary N) is 1. The summed E-state index contributed by atoms with van der Waals surface area (Å²) in [6, 6.07) is 3.41. The number of nitrogens with zero attached hydrogens (tertiary/aromatic N) is 2. The largest absolute Gasteiger partial charge is 0.482 e. The van der Waals surface area contributed by atoms with E-state index in [-0.39, 0.29) is 18.0 Å². The number of ether oxygens (including phenoxy) is 1. The van der Waals surface area contributed by atoms with Crippen molar-refractivity contribution < 1.29 is 13.5 Å². The summed E-state index contributed by atoms with van der Waals surface area (Å²) in [7, 11) is 0. The Labute approximate surface area is 96.1 Å². The zero-order valence-electron chi connectivity index (χ0n) is 8.73. The van der Waals surface area contributed by atoms with E-state index < -0.39 is 11.6 Å². The summed E-state index contributed by atoms with van der Waals surface area (Å²) in [5.41, 5.74) is 4.94. The molecule has 0 aliphatic rings. The molecule has 1 aromatic heterocycles. The fraction of sp³-hybridized carbons (Fsp3) is 0.0909. The van der Waals surface area contributed by atoms with Crippen LogP contribution >= 0.6 is 0 Å². The fourth-order valence-electron chi connectivity index (χ4n) is 1.20. The van der Waals surface area contributed by atoms with Crippen molar-refractivity contribution in [2.75, 3.05) is 5.73 Å². The highest BCUT2D eigenvalue weighted by molar-refractivity contribution is 5.44. The van der Waals surface area contributed by atoms with E-state index in [9.17, 15) is 8.78 Å². The second-order valence-electron chi connectivity index (χ2n) is 3.26. The third-order valence-electron chi connectivity index (χ3n) is 2.03. The molecule has 1 aromatic carbocycles. The van der Waals surface area contributed by atoms with Gasteiger partial charge in [-0.25, -0.2) is 18.7 Å². The van der Waals surface area contributed by atoms with Crippen LogP contribution in [0.25, 0.3) is 0 Å². The standard InChI is InChI=1S/C11H9F2N3O/c12-7-5-10(8(13)4-9(7)14)17-6-11-15-2-1-3-16-11/h1-5H,6,14H2. The van der Waals surface area contributed by atoms with Crippen molar-refractivity contribution in [3.8, 4) is 5.75 Å². The highest BCUT2D eigenvalue weighted by atomic mass is 19.1. The van der Waals surface area contributed by atoms with Crippen LogP contribution in [-0.4, -0.2) is 9.97 Å². The lowest BCUT2D eigenvalue weighted by Gasteiger charge is -2.07. The first kappa shape index (κ1) is 11.3. The molecule has 2 rings (SSSR count). The predicted octanol–water partition coefficient (Wildman–Crippen LogP) is 1.92. The van der Waals surface area contributed by atoms with Gasteiger partial charge >= 0.3 is 0 Å². The lowest BCUT2D eigenvalue weighted by molar-refractivity contribution is 0.279. The lowest BCUT2D eigenvalue weighted by Crippen LogP contribution is -2.03. The molecule has 0 unspecified atom stereocenters. The molecule has 2 aromatic rings. The quantitative estimate of drug-likeness (QED) is 0.828. The minimum Gasteiger partial charge on any atom is -0.482 e. The van der Waals surface area contributed by atoms with Crippen LogP contribution in [0.1, 0.15) is 5.82 Å². The molecule has 6 heteroatoms. The normalized spacial score (nSPS) is 10.2. The van der Waals surface area contributed by atoms with Crippen LogP contribution in [0.5, 0.6) is 5.75 Å². The maximum Gasteiger partial charge on any atom is 0.167 e. The number of nitrogen functional groups attached to an aromatic ring is 1. The van der Waals surface area contributed by atoms with Gasteiger partial charge in [-0.3, -0.25) is 0 Å². The molecule has 0 aliphatic carbocycles. The molecule has 0 spiro atoms. The van der Waals surface area contributed by atoms with Crippen LogP contribution in [-0.2, 0) is 6.61 Å². The maximum absolute atomic E-state index is 13.3. The number of anilines is 1. The van der Waals surface area contributed by atoms with Gasteiger partial charge in [0.25, 0.3) is 0 Å². The van der Waals surface area contributed by atoms with Gasteiger partial charge in [0.2, 0.25) is 0 Å². The van der Waals surface area contributed by atoms with Gasteiger partial charge in [0.15, 0.2) is 17.4 Å². The van der Waals surface area contributed by atoms with Crippen LogP contribution < -0.4 is 10.5 Å². The number of aromatic nitrogens is 2. The van der Waals surface area contributed by atoms with Crippen LogP contribution in [0.4, 0.5) is 14.5 Å². The van der Waals surface area contributed by atoms with Crippen molar-refractivity contribution in [3.05, 3.63) is 48.1 Å². The van der Waals surface area contributed by atoms with Crippen molar-refractivity contribution >= 4 is 5.69 Å². The highest BCUT2D eigenvalue weighted by Crippen LogP contribution is 2.23. The molecule has 1 heterocycles. The molecule has 0 amide bonds. The molecule has 0 saturated heterocycles. The Bertz CT molecular complexity index is 520. The average molecular weight is 237 g/mol. The molecule has 0 bridgehead atoms. The zero-order chi connectivity index (χ0) is 12.3. The molecule has 88 valence electrons. The molecule has 4 nitrogen and oxygen atoms in total. The van der Waals surface area contributed by atoms with Crippen LogP contribution in [0.3, 0.4) is 0 Å². The van der Waals surface area contributed by atoms with Crippen molar-refractivity contribution in [3.63, 3.8) is 0 Å². The first-order chi connectivity index (χ1) is 8.16. The van der Waals surface area contributed by atoms with E-state index in [2.05, 4.69) is 9.97 Å². The Hall–Kier alpha value is -2.24. The van der Waals surface area contributed by atoms with Crippen molar-refractivity contribution in [2.45, 2.75) is 6.61 Å². The second kappa shape index (κ2) is 4.73. The molecule has 0 aliphatic heterocycles. The molecular formula is C11H9F2N3O. The van der Waals surface area contributed by atoms with E-state index >= 15 is 0 Å². The smallest absolute Gasteiger partial charge is 0.167 e. The lowest BCUT2D eigenvalue weighted by atomic mass is 10.3. The van der Waals surface area contributed by atoms with Gasteiger partial charge in [-0.15, -0.1) is 0 Å². The minimum absolute atomic E-state index is 0.0406. The van der Waals surface area contributed by atoms with Gasteiger partial charge in [0.05, 0.1) is 5.69 Å². The molecule has 17 heavy (non-hydrogen) atoms. The van der Waals surface area contributed by atoms with E-state index in [0.717, 1.165) is 12.1 Å². The SMILES string of the molecule is Nc1cc(F)c(OCc2ncccn2)cc1F. The van der Waals surface area contributed by atoms with Crippen molar-refractivity contribution in [1.82, 2.24) is 9.97 Å². The van der Waals surface area contributed by atoms with Crippen molar-refractivity contribution in [1.29, 1.82) is 0 Å². The number of halogens is 2. The van der Waals surface area contributed by atoms with Crippen LogP contribution in [0.15, 0.2) is 30.6 Å². The summed E-state index contributed by atoms with van der Waals surface area (Å²) in [5, 5.41) is 0. The zero-order valence-corrected chi connectivity index (χ0v) is 8.73. The van der Waals surface area contributed by atoms with Gasteiger partial charge in [-0.1, -0.05) is 0 Å². The number of benzene rings is 1. The number of rotatable bonds is 3. The van der Waals surface area contributed by atoms with E-state index in [0.29, 0.717) is 5.82 Å².